The zero-order chi connectivity index (χ0) is 21.8. The number of para-hydroxylation sites is 1. The van der Waals surface area contributed by atoms with Crippen molar-refractivity contribution in [3.8, 4) is 11.5 Å². The van der Waals surface area contributed by atoms with Gasteiger partial charge in [0.1, 0.15) is 22.8 Å². The van der Waals surface area contributed by atoms with Crippen LogP contribution in [-0.2, 0) is 4.79 Å². The third kappa shape index (κ3) is 4.85. The molecule has 0 radical (unpaired) electrons. The number of ether oxygens (including phenoxy) is 2. The Morgan fingerprint density at radius 2 is 1.84 bits per heavy atom. The minimum absolute atomic E-state index is 0.109. The Kier molecular flexibility index (Phi) is 6.47. The summed E-state index contributed by atoms with van der Waals surface area (Å²) < 4.78 is 11.1. The zero-order valence-electron chi connectivity index (χ0n) is 17.8. The Morgan fingerprint density at radius 1 is 1.10 bits per heavy atom. The average molecular weight is 440 g/mol. The molecule has 1 saturated heterocycles. The molecule has 7 heteroatoms. The molecule has 2 heterocycles. The summed E-state index contributed by atoms with van der Waals surface area (Å²) in [5.74, 6) is 2.53. The second kappa shape index (κ2) is 9.43. The number of methoxy groups -OCH3 is 1. The van der Waals surface area contributed by atoms with E-state index in [4.69, 9.17) is 26.1 Å². The zero-order valence-corrected chi connectivity index (χ0v) is 18.6. The van der Waals surface area contributed by atoms with E-state index in [1.807, 2.05) is 17.0 Å². The van der Waals surface area contributed by atoms with Crippen LogP contribution < -0.4 is 14.4 Å². The fourth-order valence-corrected chi connectivity index (χ4v) is 3.96. The fourth-order valence-electron chi connectivity index (χ4n) is 3.83. The molecule has 3 aromatic rings. The van der Waals surface area contributed by atoms with Crippen molar-refractivity contribution in [2.45, 2.75) is 13.3 Å². The van der Waals surface area contributed by atoms with Gasteiger partial charge in [0.15, 0.2) is 0 Å². The van der Waals surface area contributed by atoms with E-state index in [-0.39, 0.29) is 5.91 Å². The molecular formula is C24H26ClN3O3. The molecule has 0 N–H and O–H groups in total. The van der Waals surface area contributed by atoms with Crippen LogP contribution >= 0.6 is 11.6 Å². The Balaban J connectivity index is 1.34. The molecule has 1 aliphatic heterocycles. The monoisotopic (exact) mass is 439 g/mol. The van der Waals surface area contributed by atoms with Crippen molar-refractivity contribution in [1.29, 1.82) is 0 Å². The molecule has 1 aromatic heterocycles. The number of carbonyl (C=O) groups is 1. The lowest BCUT2D eigenvalue weighted by molar-refractivity contribution is -0.132. The van der Waals surface area contributed by atoms with Gasteiger partial charge >= 0.3 is 0 Å². The average Bonchev–Trinajstić information content (AvgIpc) is 2.80. The topological polar surface area (TPSA) is 54.9 Å². The number of fused-ring (bicyclic) bond motifs is 1. The number of amides is 1. The minimum Gasteiger partial charge on any atom is -0.494 e. The largest absolute Gasteiger partial charge is 0.494 e. The van der Waals surface area contributed by atoms with Crippen LogP contribution in [0.15, 0.2) is 48.5 Å². The van der Waals surface area contributed by atoms with E-state index < -0.39 is 0 Å². The van der Waals surface area contributed by atoms with Gasteiger partial charge < -0.3 is 19.3 Å². The lowest BCUT2D eigenvalue weighted by Crippen LogP contribution is -2.49. The lowest BCUT2D eigenvalue weighted by atomic mass is 10.1. The molecule has 0 aliphatic carbocycles. The molecule has 0 saturated carbocycles. The summed E-state index contributed by atoms with van der Waals surface area (Å²) in [5.41, 5.74) is 2.04. The molecule has 1 aliphatic rings. The third-order valence-corrected chi connectivity index (χ3v) is 5.82. The van der Waals surface area contributed by atoms with Gasteiger partial charge in [0.25, 0.3) is 0 Å². The predicted octanol–water partition coefficient (Wildman–Crippen LogP) is 4.32. The maximum atomic E-state index is 12.6. The Hall–Kier alpha value is -2.99. The molecule has 0 atom stereocenters. The number of nitrogens with zero attached hydrogens (tertiary/aromatic N) is 3. The molecule has 31 heavy (non-hydrogen) atoms. The highest BCUT2D eigenvalue weighted by Crippen LogP contribution is 2.29. The van der Waals surface area contributed by atoms with E-state index >= 15 is 0 Å². The molecule has 6 nitrogen and oxygen atoms in total. The first-order valence-corrected chi connectivity index (χ1v) is 10.8. The van der Waals surface area contributed by atoms with Crippen molar-refractivity contribution in [3.63, 3.8) is 0 Å². The van der Waals surface area contributed by atoms with Crippen molar-refractivity contribution in [2.75, 3.05) is 44.8 Å². The van der Waals surface area contributed by atoms with Crippen LogP contribution in [0.1, 0.15) is 12.0 Å². The molecule has 162 valence electrons. The smallest absolute Gasteiger partial charge is 0.226 e. The van der Waals surface area contributed by atoms with Crippen molar-refractivity contribution >= 4 is 34.2 Å². The number of piperazine rings is 1. The maximum absolute atomic E-state index is 12.6. The van der Waals surface area contributed by atoms with E-state index in [0.29, 0.717) is 31.1 Å². The minimum atomic E-state index is 0.109. The van der Waals surface area contributed by atoms with Gasteiger partial charge in [-0.1, -0.05) is 23.7 Å². The highest BCUT2D eigenvalue weighted by atomic mass is 35.5. The van der Waals surface area contributed by atoms with Gasteiger partial charge in [0.05, 0.1) is 20.1 Å². The number of hydrogen-bond acceptors (Lipinski definition) is 5. The molecule has 1 fully saturated rings. The van der Waals surface area contributed by atoms with Crippen molar-refractivity contribution in [1.82, 2.24) is 9.88 Å². The van der Waals surface area contributed by atoms with Crippen molar-refractivity contribution in [3.05, 3.63) is 59.1 Å². The summed E-state index contributed by atoms with van der Waals surface area (Å²) in [5, 5.41) is 1.76. The summed E-state index contributed by atoms with van der Waals surface area (Å²) in [6.45, 7) is 5.28. The number of carbonyl (C=O) groups excluding carboxylic acids is 1. The van der Waals surface area contributed by atoms with Crippen molar-refractivity contribution in [2.24, 2.45) is 0 Å². The highest BCUT2D eigenvalue weighted by molar-refractivity contribution is 6.30. The molecule has 0 bridgehead atoms. The van der Waals surface area contributed by atoms with Crippen LogP contribution in [0.2, 0.25) is 5.02 Å². The van der Waals surface area contributed by atoms with Gasteiger partial charge in [-0.15, -0.1) is 0 Å². The first-order chi connectivity index (χ1) is 15.0. The maximum Gasteiger partial charge on any atom is 0.226 e. The van der Waals surface area contributed by atoms with Crippen LogP contribution in [0.4, 0.5) is 5.82 Å². The van der Waals surface area contributed by atoms with Gasteiger partial charge in [-0.2, -0.15) is 0 Å². The first kappa shape index (κ1) is 21.2. The van der Waals surface area contributed by atoms with Gasteiger partial charge in [-0.25, -0.2) is 4.98 Å². The summed E-state index contributed by atoms with van der Waals surface area (Å²) in [6.07, 6.45) is 0.354. The highest BCUT2D eigenvalue weighted by Gasteiger charge is 2.22. The van der Waals surface area contributed by atoms with Gasteiger partial charge in [-0.05, 0) is 48.9 Å². The number of aromatic nitrogens is 1. The van der Waals surface area contributed by atoms with E-state index in [0.717, 1.165) is 46.9 Å². The van der Waals surface area contributed by atoms with E-state index in [1.54, 1.807) is 31.4 Å². The molecule has 4 rings (SSSR count). The second-order valence-corrected chi connectivity index (χ2v) is 8.01. The number of pyridine rings is 1. The summed E-state index contributed by atoms with van der Waals surface area (Å²) in [4.78, 5) is 21.6. The van der Waals surface area contributed by atoms with Gasteiger partial charge in [0.2, 0.25) is 5.91 Å². The quantitative estimate of drug-likeness (QED) is 0.572. The number of halogens is 1. The Bertz CT molecular complexity index is 1060. The summed E-state index contributed by atoms with van der Waals surface area (Å²) >= 11 is 5.88. The molecule has 0 spiro atoms. The van der Waals surface area contributed by atoms with E-state index in [1.165, 1.54) is 0 Å². The molecule has 0 unspecified atom stereocenters. The van der Waals surface area contributed by atoms with E-state index in [2.05, 4.69) is 24.0 Å². The van der Waals surface area contributed by atoms with Gasteiger partial charge in [0, 0.05) is 36.6 Å². The van der Waals surface area contributed by atoms with E-state index in [9.17, 15) is 4.79 Å². The molecular weight excluding hydrogens is 414 g/mol. The van der Waals surface area contributed by atoms with Crippen LogP contribution in [0.5, 0.6) is 11.5 Å². The molecule has 1 amide bonds. The van der Waals surface area contributed by atoms with Crippen LogP contribution in [-0.4, -0.2) is 55.7 Å². The molecule has 2 aromatic carbocycles. The number of anilines is 1. The fraction of sp³-hybridized carbons (Fsp3) is 0.333. The standard InChI is InChI=1S/C24H26ClN3O3/c1-17-16-22(26-24-20(17)4-3-5-21(24)30-2)27-11-13-28(14-12-27)23(29)10-15-31-19-8-6-18(25)7-9-19/h3-9,16H,10-15H2,1-2H3. The summed E-state index contributed by atoms with van der Waals surface area (Å²) in [7, 11) is 1.67. The lowest BCUT2D eigenvalue weighted by Gasteiger charge is -2.35. The van der Waals surface area contributed by atoms with Crippen LogP contribution in [0.25, 0.3) is 10.9 Å². The Labute approximate surface area is 187 Å². The predicted molar refractivity (Wildman–Crippen MR) is 123 cm³/mol. The number of benzene rings is 2. The second-order valence-electron chi connectivity index (χ2n) is 7.57. The normalized spacial score (nSPS) is 14.0. The first-order valence-electron chi connectivity index (χ1n) is 10.4. The van der Waals surface area contributed by atoms with Gasteiger partial charge in [-0.3, -0.25) is 4.79 Å². The SMILES string of the molecule is COc1cccc2c(C)cc(N3CCN(C(=O)CCOc4ccc(Cl)cc4)CC3)nc12. The number of aryl methyl sites for hydroxylation is 1. The van der Waals surface area contributed by atoms with Crippen LogP contribution in [0.3, 0.4) is 0 Å². The van der Waals surface area contributed by atoms with Crippen LogP contribution in [0, 0.1) is 6.92 Å². The van der Waals surface area contributed by atoms with Crippen molar-refractivity contribution < 1.29 is 14.3 Å². The Morgan fingerprint density at radius 3 is 2.55 bits per heavy atom. The number of rotatable bonds is 6. The third-order valence-electron chi connectivity index (χ3n) is 5.57. The number of hydrogen-bond donors (Lipinski definition) is 0. The summed E-state index contributed by atoms with van der Waals surface area (Å²) in [6, 6.07) is 15.2.